The second kappa shape index (κ2) is 9.80. The van der Waals surface area contributed by atoms with Crippen LogP contribution in [-0.4, -0.2) is 64.6 Å². The molecule has 0 saturated carbocycles. The van der Waals surface area contributed by atoms with E-state index in [1.165, 1.54) is 0 Å². The van der Waals surface area contributed by atoms with Crippen LogP contribution >= 0.6 is 0 Å². The number of hydrogen-bond donors (Lipinski definition) is 0. The molecular formula is C24H30N6O2. The molecule has 3 heterocycles. The van der Waals surface area contributed by atoms with Crippen LogP contribution in [0.15, 0.2) is 53.5 Å². The maximum atomic E-state index is 13.2. The van der Waals surface area contributed by atoms with Gasteiger partial charge in [-0.25, -0.2) is 9.97 Å². The van der Waals surface area contributed by atoms with E-state index in [1.807, 2.05) is 55.1 Å². The Balaban J connectivity index is 1.48. The lowest BCUT2D eigenvalue weighted by atomic mass is 10.2. The summed E-state index contributed by atoms with van der Waals surface area (Å²) in [6, 6.07) is 13.3. The summed E-state index contributed by atoms with van der Waals surface area (Å²) >= 11 is 0. The van der Waals surface area contributed by atoms with Gasteiger partial charge in [0.1, 0.15) is 5.82 Å². The first-order chi connectivity index (χ1) is 15.6. The van der Waals surface area contributed by atoms with Crippen molar-refractivity contribution in [3.05, 3.63) is 59.0 Å². The highest BCUT2D eigenvalue weighted by Crippen LogP contribution is 2.17. The molecule has 1 fully saturated rings. The minimum Gasteiger partial charge on any atom is -0.353 e. The fourth-order valence-corrected chi connectivity index (χ4v) is 4.20. The normalized spacial score (nSPS) is 14.1. The predicted molar refractivity (Wildman–Crippen MR) is 127 cm³/mol. The van der Waals surface area contributed by atoms with Gasteiger partial charge in [-0.05, 0) is 38.1 Å². The number of aromatic nitrogens is 3. The van der Waals surface area contributed by atoms with Crippen molar-refractivity contribution in [2.75, 3.05) is 49.1 Å². The highest BCUT2D eigenvalue weighted by Gasteiger charge is 2.23. The molecule has 0 spiro atoms. The molecule has 1 amide bonds. The summed E-state index contributed by atoms with van der Waals surface area (Å²) in [6.07, 6.45) is 2.06. The van der Waals surface area contributed by atoms with E-state index in [2.05, 4.69) is 14.8 Å². The van der Waals surface area contributed by atoms with Crippen molar-refractivity contribution in [3.8, 4) is 0 Å². The van der Waals surface area contributed by atoms with E-state index >= 15 is 0 Å². The van der Waals surface area contributed by atoms with E-state index in [-0.39, 0.29) is 17.9 Å². The van der Waals surface area contributed by atoms with Gasteiger partial charge in [0.15, 0.2) is 0 Å². The third-order valence-electron chi connectivity index (χ3n) is 6.04. The summed E-state index contributed by atoms with van der Waals surface area (Å²) in [4.78, 5) is 41.5. The van der Waals surface area contributed by atoms with Crippen LogP contribution in [0, 0.1) is 0 Å². The fourth-order valence-electron chi connectivity index (χ4n) is 4.20. The molecule has 1 saturated heterocycles. The first kappa shape index (κ1) is 21.8. The molecule has 0 unspecified atom stereocenters. The zero-order valence-electron chi connectivity index (χ0n) is 18.8. The lowest BCUT2D eigenvalue weighted by Gasteiger charge is -2.35. The largest absolute Gasteiger partial charge is 0.353 e. The number of carbonyl (C=O) groups is 1. The van der Waals surface area contributed by atoms with E-state index in [4.69, 9.17) is 4.98 Å². The number of amides is 1. The van der Waals surface area contributed by atoms with Gasteiger partial charge in [-0.3, -0.25) is 14.2 Å². The van der Waals surface area contributed by atoms with E-state index < -0.39 is 0 Å². The zero-order valence-corrected chi connectivity index (χ0v) is 18.8. The van der Waals surface area contributed by atoms with Crippen molar-refractivity contribution >= 4 is 28.6 Å². The summed E-state index contributed by atoms with van der Waals surface area (Å²) in [6.45, 7) is 8.71. The Morgan fingerprint density at radius 2 is 1.72 bits per heavy atom. The minimum atomic E-state index is -0.0923. The highest BCUT2D eigenvalue weighted by atomic mass is 16.2. The van der Waals surface area contributed by atoms with Crippen molar-refractivity contribution < 1.29 is 4.79 Å². The van der Waals surface area contributed by atoms with Gasteiger partial charge in [-0.1, -0.05) is 18.2 Å². The van der Waals surface area contributed by atoms with Crippen LogP contribution in [0.2, 0.25) is 0 Å². The van der Waals surface area contributed by atoms with Crippen molar-refractivity contribution in [1.82, 2.24) is 19.4 Å². The highest BCUT2D eigenvalue weighted by molar-refractivity contribution is 5.79. The maximum Gasteiger partial charge on any atom is 0.262 e. The summed E-state index contributed by atoms with van der Waals surface area (Å²) < 4.78 is 1.66. The SMILES string of the molecule is CCN(CC)c1nc2ccccc2c(=O)n1CCC(=O)N1CCN(c2ccccn2)CC1. The molecule has 0 atom stereocenters. The predicted octanol–water partition coefficient (Wildman–Crippen LogP) is 2.38. The molecule has 0 radical (unpaired) electrons. The van der Waals surface area contributed by atoms with Crippen molar-refractivity contribution in [2.24, 2.45) is 0 Å². The number of para-hydroxylation sites is 1. The monoisotopic (exact) mass is 434 g/mol. The number of anilines is 2. The van der Waals surface area contributed by atoms with Crippen LogP contribution in [0.1, 0.15) is 20.3 Å². The number of fused-ring (bicyclic) bond motifs is 1. The minimum absolute atomic E-state index is 0.0660. The molecule has 1 aromatic carbocycles. The van der Waals surface area contributed by atoms with E-state index in [1.54, 1.807) is 16.8 Å². The standard InChI is InChI=1S/C24H30N6O2/c1-3-27(4-2)24-26-20-10-6-5-9-19(20)23(32)30(24)14-12-22(31)29-17-15-28(16-18-29)21-11-7-8-13-25-21/h5-11,13H,3-4,12,14-18H2,1-2H3. The van der Waals surface area contributed by atoms with Crippen molar-refractivity contribution in [3.63, 3.8) is 0 Å². The molecule has 3 aromatic rings. The summed E-state index contributed by atoms with van der Waals surface area (Å²) in [7, 11) is 0. The molecule has 0 bridgehead atoms. The Morgan fingerprint density at radius 1 is 1.00 bits per heavy atom. The molecule has 0 aliphatic carbocycles. The second-order valence-corrected chi connectivity index (χ2v) is 7.86. The Kier molecular flexibility index (Phi) is 6.68. The first-order valence-corrected chi connectivity index (χ1v) is 11.3. The van der Waals surface area contributed by atoms with Crippen LogP contribution in [0.3, 0.4) is 0 Å². The average molecular weight is 435 g/mol. The summed E-state index contributed by atoms with van der Waals surface area (Å²) in [5.74, 6) is 1.64. The Labute approximate surface area is 188 Å². The second-order valence-electron chi connectivity index (χ2n) is 7.86. The number of hydrogen-bond acceptors (Lipinski definition) is 6. The Hall–Kier alpha value is -3.42. The third kappa shape index (κ3) is 4.44. The van der Waals surface area contributed by atoms with Gasteiger partial charge in [0.05, 0.1) is 10.9 Å². The van der Waals surface area contributed by atoms with E-state index in [0.29, 0.717) is 36.5 Å². The lowest BCUT2D eigenvalue weighted by Crippen LogP contribution is -2.49. The smallest absolute Gasteiger partial charge is 0.262 e. The zero-order chi connectivity index (χ0) is 22.5. The van der Waals surface area contributed by atoms with Gasteiger partial charge in [0.2, 0.25) is 11.9 Å². The molecule has 0 N–H and O–H groups in total. The molecule has 32 heavy (non-hydrogen) atoms. The third-order valence-corrected chi connectivity index (χ3v) is 6.04. The lowest BCUT2D eigenvalue weighted by molar-refractivity contribution is -0.131. The Morgan fingerprint density at radius 3 is 2.41 bits per heavy atom. The molecule has 168 valence electrons. The van der Waals surface area contributed by atoms with Crippen LogP contribution in [0.25, 0.3) is 10.9 Å². The first-order valence-electron chi connectivity index (χ1n) is 11.3. The number of benzene rings is 1. The van der Waals surface area contributed by atoms with Gasteiger partial charge in [-0.2, -0.15) is 0 Å². The number of nitrogens with zero attached hydrogens (tertiary/aromatic N) is 6. The number of piperazine rings is 1. The number of pyridine rings is 1. The van der Waals surface area contributed by atoms with Gasteiger partial charge in [0, 0.05) is 58.4 Å². The fraction of sp³-hybridized carbons (Fsp3) is 0.417. The molecule has 1 aliphatic heterocycles. The van der Waals surface area contributed by atoms with E-state index in [9.17, 15) is 9.59 Å². The summed E-state index contributed by atoms with van der Waals surface area (Å²) in [5, 5.41) is 0.583. The van der Waals surface area contributed by atoms with Crippen LogP contribution in [0.5, 0.6) is 0 Å². The van der Waals surface area contributed by atoms with Crippen LogP contribution in [-0.2, 0) is 11.3 Å². The maximum absolute atomic E-state index is 13.2. The van der Waals surface area contributed by atoms with Crippen molar-refractivity contribution in [2.45, 2.75) is 26.8 Å². The quantitative estimate of drug-likeness (QED) is 0.568. The molecule has 8 nitrogen and oxygen atoms in total. The molecule has 1 aliphatic rings. The average Bonchev–Trinajstić information content (AvgIpc) is 2.85. The molecular weight excluding hydrogens is 404 g/mol. The van der Waals surface area contributed by atoms with Crippen LogP contribution in [0.4, 0.5) is 11.8 Å². The Bertz CT molecular complexity index is 1120. The number of rotatable bonds is 7. The molecule has 2 aromatic heterocycles. The van der Waals surface area contributed by atoms with Gasteiger partial charge in [0.25, 0.3) is 5.56 Å². The molecule has 4 rings (SSSR count). The molecule has 8 heteroatoms. The van der Waals surface area contributed by atoms with E-state index in [0.717, 1.165) is 32.0 Å². The van der Waals surface area contributed by atoms with Gasteiger partial charge < -0.3 is 14.7 Å². The van der Waals surface area contributed by atoms with Crippen molar-refractivity contribution in [1.29, 1.82) is 0 Å². The van der Waals surface area contributed by atoms with Gasteiger partial charge >= 0.3 is 0 Å². The topological polar surface area (TPSA) is 74.6 Å². The van der Waals surface area contributed by atoms with Crippen LogP contribution < -0.4 is 15.4 Å². The summed E-state index contributed by atoms with van der Waals surface area (Å²) in [5.41, 5.74) is 0.595. The van der Waals surface area contributed by atoms with Gasteiger partial charge in [-0.15, -0.1) is 0 Å². The number of carbonyl (C=O) groups excluding carboxylic acids is 1.